The number of benzene rings is 1. The number of sulfone groups is 1. The Bertz CT molecular complexity index is 1180. The smallest absolute Gasteiger partial charge is 0.256 e. The van der Waals surface area contributed by atoms with Gasteiger partial charge in [-0.2, -0.15) is 9.40 Å². The first-order valence-electron chi connectivity index (χ1n) is 9.84. The lowest BCUT2D eigenvalue weighted by Crippen LogP contribution is -2.28. The molecule has 1 atom stereocenters. The van der Waals surface area contributed by atoms with Crippen LogP contribution in [0.1, 0.15) is 41.4 Å². The Morgan fingerprint density at radius 2 is 1.93 bits per heavy atom. The number of carbonyl (C=O) groups is 1. The molecule has 9 nitrogen and oxygen atoms in total. The molecule has 4 rings (SSSR count). The average Bonchev–Trinajstić information content (AvgIpc) is 3.42. The standard InChI is InChI=1S/C19H24N4O5S2/c1-14-11-18(23(21-14)16-7-10-29(25,26)13-16)20-19(24)15-5-4-6-17(12-15)30(27,28)22-8-2-3-9-22/h4-6,11-12,16H,2-3,7-10,13H2,1H3,(H,20,24). The van der Waals surface area contributed by atoms with Gasteiger partial charge in [0.25, 0.3) is 5.91 Å². The molecule has 1 aromatic heterocycles. The van der Waals surface area contributed by atoms with Crippen molar-refractivity contribution in [1.82, 2.24) is 14.1 Å². The molecule has 2 fully saturated rings. The summed E-state index contributed by atoms with van der Waals surface area (Å²) >= 11 is 0. The summed E-state index contributed by atoms with van der Waals surface area (Å²) in [6.45, 7) is 2.74. The number of aryl methyl sites for hydroxylation is 1. The Morgan fingerprint density at radius 1 is 1.20 bits per heavy atom. The number of carbonyl (C=O) groups excluding carboxylic acids is 1. The Balaban J connectivity index is 1.57. The van der Waals surface area contributed by atoms with Crippen molar-refractivity contribution in [2.75, 3.05) is 29.9 Å². The molecular formula is C19H24N4O5S2. The predicted molar refractivity (Wildman–Crippen MR) is 112 cm³/mol. The monoisotopic (exact) mass is 452 g/mol. The van der Waals surface area contributed by atoms with Crippen molar-refractivity contribution in [3.05, 3.63) is 41.6 Å². The topological polar surface area (TPSA) is 118 Å². The van der Waals surface area contributed by atoms with Crippen molar-refractivity contribution < 1.29 is 21.6 Å². The summed E-state index contributed by atoms with van der Waals surface area (Å²) in [7, 11) is -6.74. The van der Waals surface area contributed by atoms with Crippen LogP contribution in [0.4, 0.5) is 5.82 Å². The lowest BCUT2D eigenvalue weighted by atomic mass is 10.2. The van der Waals surface area contributed by atoms with Crippen LogP contribution in [-0.2, 0) is 19.9 Å². The molecule has 162 valence electrons. The van der Waals surface area contributed by atoms with E-state index in [1.54, 1.807) is 29.8 Å². The van der Waals surface area contributed by atoms with Gasteiger partial charge in [0, 0.05) is 24.7 Å². The second kappa shape index (κ2) is 7.78. The third-order valence-corrected chi connectivity index (χ3v) is 9.10. The van der Waals surface area contributed by atoms with Gasteiger partial charge in [0.2, 0.25) is 10.0 Å². The number of nitrogens with zero attached hydrogens (tertiary/aromatic N) is 3. The summed E-state index contributed by atoms with van der Waals surface area (Å²) in [6.07, 6.45) is 2.11. The SMILES string of the molecule is Cc1cc(NC(=O)c2cccc(S(=O)(=O)N3CCCC3)c2)n(C2CCS(=O)(=O)C2)n1. The molecule has 2 aliphatic heterocycles. The van der Waals surface area contributed by atoms with Crippen molar-refractivity contribution in [2.24, 2.45) is 0 Å². The van der Waals surface area contributed by atoms with Crippen molar-refractivity contribution in [1.29, 1.82) is 0 Å². The summed E-state index contributed by atoms with van der Waals surface area (Å²) < 4.78 is 52.2. The maximum atomic E-state index is 12.8. The summed E-state index contributed by atoms with van der Waals surface area (Å²) in [5, 5.41) is 7.11. The highest BCUT2D eigenvalue weighted by Crippen LogP contribution is 2.28. The number of anilines is 1. The quantitative estimate of drug-likeness (QED) is 0.736. The third kappa shape index (κ3) is 4.14. The first kappa shape index (κ1) is 21.0. The highest BCUT2D eigenvalue weighted by atomic mass is 32.2. The molecule has 2 saturated heterocycles. The number of aromatic nitrogens is 2. The normalized spacial score (nSPS) is 21.7. The molecule has 2 aliphatic rings. The number of nitrogens with one attached hydrogen (secondary N) is 1. The molecule has 3 heterocycles. The van der Waals surface area contributed by atoms with E-state index in [4.69, 9.17) is 0 Å². The van der Waals surface area contributed by atoms with E-state index < -0.39 is 25.8 Å². The molecule has 11 heteroatoms. The number of hydrogen-bond acceptors (Lipinski definition) is 6. The van der Waals surface area contributed by atoms with Gasteiger partial charge in [-0.15, -0.1) is 0 Å². The van der Waals surface area contributed by atoms with Crippen LogP contribution in [0.25, 0.3) is 0 Å². The summed E-state index contributed by atoms with van der Waals surface area (Å²) in [4.78, 5) is 12.9. The molecule has 0 spiro atoms. The molecule has 1 N–H and O–H groups in total. The lowest BCUT2D eigenvalue weighted by Gasteiger charge is -2.16. The van der Waals surface area contributed by atoms with Crippen molar-refractivity contribution in [2.45, 2.75) is 37.1 Å². The number of sulfonamides is 1. The van der Waals surface area contributed by atoms with Crippen LogP contribution in [0.15, 0.2) is 35.2 Å². The van der Waals surface area contributed by atoms with E-state index in [2.05, 4.69) is 10.4 Å². The van der Waals surface area contributed by atoms with Gasteiger partial charge in [-0.1, -0.05) is 6.07 Å². The molecule has 30 heavy (non-hydrogen) atoms. The number of rotatable bonds is 5. The van der Waals surface area contributed by atoms with E-state index in [1.807, 2.05) is 0 Å². The second-order valence-corrected chi connectivity index (χ2v) is 11.9. The zero-order chi connectivity index (χ0) is 21.5. The zero-order valence-corrected chi connectivity index (χ0v) is 18.2. The highest BCUT2D eigenvalue weighted by molar-refractivity contribution is 7.91. The molecule has 2 aromatic rings. The summed E-state index contributed by atoms with van der Waals surface area (Å²) in [5.41, 5.74) is 0.861. The van der Waals surface area contributed by atoms with E-state index in [0.29, 0.717) is 31.0 Å². The van der Waals surface area contributed by atoms with Gasteiger partial charge < -0.3 is 5.32 Å². The van der Waals surface area contributed by atoms with E-state index in [1.165, 1.54) is 16.4 Å². The highest BCUT2D eigenvalue weighted by Gasteiger charge is 2.32. The molecule has 0 bridgehead atoms. The predicted octanol–water partition coefficient (Wildman–Crippen LogP) is 1.59. The van der Waals surface area contributed by atoms with Crippen LogP contribution >= 0.6 is 0 Å². The van der Waals surface area contributed by atoms with Crippen LogP contribution in [-0.4, -0.2) is 61.4 Å². The first-order valence-corrected chi connectivity index (χ1v) is 13.1. The van der Waals surface area contributed by atoms with E-state index in [0.717, 1.165) is 12.8 Å². The van der Waals surface area contributed by atoms with Gasteiger partial charge in [-0.05, 0) is 44.4 Å². The fourth-order valence-electron chi connectivity index (χ4n) is 3.92. The van der Waals surface area contributed by atoms with Crippen LogP contribution in [0.5, 0.6) is 0 Å². The second-order valence-electron chi connectivity index (χ2n) is 7.77. The third-order valence-electron chi connectivity index (χ3n) is 5.45. The fraction of sp³-hybridized carbons (Fsp3) is 0.474. The molecule has 1 aromatic carbocycles. The van der Waals surface area contributed by atoms with Crippen LogP contribution in [0.2, 0.25) is 0 Å². The molecule has 0 aliphatic carbocycles. The molecule has 1 amide bonds. The van der Waals surface area contributed by atoms with Gasteiger partial charge in [-0.3, -0.25) is 4.79 Å². The van der Waals surface area contributed by atoms with Crippen molar-refractivity contribution >= 4 is 31.6 Å². The molecular weight excluding hydrogens is 428 g/mol. The van der Waals surface area contributed by atoms with Gasteiger partial charge in [0.1, 0.15) is 5.82 Å². The van der Waals surface area contributed by atoms with Gasteiger partial charge in [0.15, 0.2) is 9.84 Å². The number of hydrogen-bond donors (Lipinski definition) is 1. The van der Waals surface area contributed by atoms with Crippen LogP contribution in [0, 0.1) is 6.92 Å². The summed E-state index contributed by atoms with van der Waals surface area (Å²) in [5.74, 6) is 0.00358. The van der Waals surface area contributed by atoms with Crippen LogP contribution < -0.4 is 5.32 Å². The largest absolute Gasteiger partial charge is 0.307 e. The van der Waals surface area contributed by atoms with Crippen molar-refractivity contribution in [3.63, 3.8) is 0 Å². The molecule has 0 saturated carbocycles. The molecule has 1 unspecified atom stereocenters. The minimum Gasteiger partial charge on any atom is -0.307 e. The van der Waals surface area contributed by atoms with Gasteiger partial charge >= 0.3 is 0 Å². The van der Waals surface area contributed by atoms with Gasteiger partial charge in [-0.25, -0.2) is 21.5 Å². The Morgan fingerprint density at radius 3 is 2.60 bits per heavy atom. The van der Waals surface area contributed by atoms with Crippen molar-refractivity contribution in [3.8, 4) is 0 Å². The van der Waals surface area contributed by atoms with Gasteiger partial charge in [0.05, 0.1) is 28.1 Å². The minimum atomic E-state index is -3.63. The zero-order valence-electron chi connectivity index (χ0n) is 16.6. The Hall–Kier alpha value is -2.24. The Labute approximate surface area is 176 Å². The Kier molecular flexibility index (Phi) is 5.45. The van der Waals surface area contributed by atoms with Crippen LogP contribution in [0.3, 0.4) is 0 Å². The minimum absolute atomic E-state index is 0.0133. The van der Waals surface area contributed by atoms with E-state index in [-0.39, 0.29) is 28.0 Å². The fourth-order valence-corrected chi connectivity index (χ4v) is 7.18. The number of amides is 1. The maximum Gasteiger partial charge on any atom is 0.256 e. The van der Waals surface area contributed by atoms with E-state index in [9.17, 15) is 21.6 Å². The molecule has 0 radical (unpaired) electrons. The average molecular weight is 453 g/mol. The lowest BCUT2D eigenvalue weighted by molar-refractivity contribution is 0.102. The van der Waals surface area contributed by atoms with E-state index >= 15 is 0 Å². The summed E-state index contributed by atoms with van der Waals surface area (Å²) in [6, 6.07) is 7.29. The maximum absolute atomic E-state index is 12.8. The first-order chi connectivity index (χ1) is 14.2.